The molecule has 1 aliphatic rings. The average Bonchev–Trinajstić information content (AvgIpc) is 3.32. The number of hydrogen-bond acceptors (Lipinski definition) is 5. The van der Waals surface area contributed by atoms with Crippen molar-refractivity contribution < 1.29 is 9.32 Å². The van der Waals surface area contributed by atoms with Gasteiger partial charge in [0, 0.05) is 24.0 Å². The van der Waals surface area contributed by atoms with E-state index in [0.717, 1.165) is 35.3 Å². The number of carbonyl (C=O) groups is 1. The van der Waals surface area contributed by atoms with Gasteiger partial charge in [0.05, 0.1) is 29.8 Å². The van der Waals surface area contributed by atoms with E-state index < -0.39 is 0 Å². The van der Waals surface area contributed by atoms with Crippen LogP contribution >= 0.6 is 0 Å². The number of likely N-dealkylation sites (tertiary alicyclic amines) is 1. The van der Waals surface area contributed by atoms with Gasteiger partial charge in [-0.1, -0.05) is 5.16 Å². The standard InChI is InChI=1S/C18H22N6O2/c1-11(2)24-17-13(9-20-24)8-14(10-19-17)21-18(25)23-6-4-5-15(23)16-7-12(3)22-26-16/h7-11,15H,4-6H2,1-3H3,(H,21,25)/t15-/m1/s1. The molecule has 2 amide bonds. The van der Waals surface area contributed by atoms with Crippen LogP contribution in [0.4, 0.5) is 10.5 Å². The molecule has 0 unspecified atom stereocenters. The Morgan fingerprint density at radius 1 is 1.35 bits per heavy atom. The van der Waals surface area contributed by atoms with Gasteiger partial charge in [-0.15, -0.1) is 0 Å². The van der Waals surface area contributed by atoms with Gasteiger partial charge >= 0.3 is 6.03 Å². The summed E-state index contributed by atoms with van der Waals surface area (Å²) in [6, 6.07) is 3.80. The van der Waals surface area contributed by atoms with Crippen LogP contribution in [0.5, 0.6) is 0 Å². The molecule has 4 heterocycles. The first-order valence-electron chi connectivity index (χ1n) is 8.87. The van der Waals surface area contributed by atoms with E-state index in [0.29, 0.717) is 12.2 Å². The first-order chi connectivity index (χ1) is 12.5. The van der Waals surface area contributed by atoms with Gasteiger partial charge in [-0.2, -0.15) is 5.10 Å². The zero-order chi connectivity index (χ0) is 18.3. The molecule has 0 saturated carbocycles. The predicted octanol–water partition coefficient (Wildman–Crippen LogP) is 3.68. The molecule has 0 bridgehead atoms. The molecule has 3 aromatic rings. The fourth-order valence-electron chi connectivity index (χ4n) is 3.43. The molecule has 1 saturated heterocycles. The van der Waals surface area contributed by atoms with Gasteiger partial charge in [-0.3, -0.25) is 0 Å². The number of aromatic nitrogens is 4. The third kappa shape index (κ3) is 2.91. The van der Waals surface area contributed by atoms with Crippen molar-refractivity contribution >= 4 is 22.8 Å². The van der Waals surface area contributed by atoms with Crippen molar-refractivity contribution in [1.29, 1.82) is 0 Å². The van der Waals surface area contributed by atoms with Crippen molar-refractivity contribution in [2.24, 2.45) is 0 Å². The Hall–Kier alpha value is -2.90. The Labute approximate surface area is 151 Å². The van der Waals surface area contributed by atoms with Crippen LogP contribution in [0.1, 0.15) is 50.2 Å². The number of amides is 2. The highest BCUT2D eigenvalue weighted by Crippen LogP contribution is 2.32. The van der Waals surface area contributed by atoms with Crippen molar-refractivity contribution in [3.8, 4) is 0 Å². The van der Waals surface area contributed by atoms with Crippen molar-refractivity contribution in [2.45, 2.75) is 45.7 Å². The maximum Gasteiger partial charge on any atom is 0.322 e. The first-order valence-corrected chi connectivity index (χ1v) is 8.87. The minimum atomic E-state index is -0.154. The topological polar surface area (TPSA) is 89.1 Å². The van der Waals surface area contributed by atoms with Gasteiger partial charge in [-0.25, -0.2) is 14.5 Å². The second kappa shape index (κ2) is 6.44. The molecule has 136 valence electrons. The molecule has 1 aliphatic heterocycles. The van der Waals surface area contributed by atoms with Crippen LogP contribution in [0.25, 0.3) is 11.0 Å². The van der Waals surface area contributed by atoms with Crippen LogP contribution in [0.3, 0.4) is 0 Å². The lowest BCUT2D eigenvalue weighted by Crippen LogP contribution is -2.34. The summed E-state index contributed by atoms with van der Waals surface area (Å²) in [5.41, 5.74) is 2.29. The molecule has 1 fully saturated rings. The lowest BCUT2D eigenvalue weighted by Gasteiger charge is -2.23. The van der Waals surface area contributed by atoms with Crippen molar-refractivity contribution in [1.82, 2.24) is 24.8 Å². The van der Waals surface area contributed by atoms with E-state index in [1.54, 1.807) is 17.3 Å². The summed E-state index contributed by atoms with van der Waals surface area (Å²) < 4.78 is 7.23. The minimum absolute atomic E-state index is 0.0726. The fraction of sp³-hybridized carbons (Fsp3) is 0.444. The summed E-state index contributed by atoms with van der Waals surface area (Å²) in [5, 5.41) is 12.1. The quantitative estimate of drug-likeness (QED) is 0.775. The van der Waals surface area contributed by atoms with E-state index >= 15 is 0 Å². The van der Waals surface area contributed by atoms with E-state index in [9.17, 15) is 4.79 Å². The Morgan fingerprint density at radius 2 is 2.19 bits per heavy atom. The smallest absolute Gasteiger partial charge is 0.322 e. The van der Waals surface area contributed by atoms with Gasteiger partial charge in [0.15, 0.2) is 11.4 Å². The summed E-state index contributed by atoms with van der Waals surface area (Å²) in [7, 11) is 0. The average molecular weight is 354 g/mol. The predicted molar refractivity (Wildman–Crippen MR) is 96.9 cm³/mol. The molecular weight excluding hydrogens is 332 g/mol. The van der Waals surface area contributed by atoms with Crippen LogP contribution in [-0.4, -0.2) is 37.4 Å². The lowest BCUT2D eigenvalue weighted by molar-refractivity contribution is 0.195. The number of urea groups is 1. The molecular formula is C18H22N6O2. The van der Waals surface area contributed by atoms with E-state index in [4.69, 9.17) is 4.52 Å². The zero-order valence-electron chi connectivity index (χ0n) is 15.1. The number of rotatable bonds is 3. The number of hydrogen-bond donors (Lipinski definition) is 1. The van der Waals surface area contributed by atoms with Crippen LogP contribution in [0.15, 0.2) is 29.0 Å². The maximum absolute atomic E-state index is 12.8. The Balaban J connectivity index is 1.53. The first kappa shape index (κ1) is 16.6. The summed E-state index contributed by atoms with van der Waals surface area (Å²) in [6.45, 7) is 6.69. The SMILES string of the molecule is Cc1cc([C@H]2CCCN2C(=O)Nc2cnc3c(cnn3C(C)C)c2)on1. The van der Waals surface area contributed by atoms with Crippen LogP contribution < -0.4 is 5.32 Å². The van der Waals surface area contributed by atoms with Gasteiger partial charge in [-0.05, 0) is 39.7 Å². The van der Waals surface area contributed by atoms with Crippen molar-refractivity contribution in [3.63, 3.8) is 0 Å². The summed E-state index contributed by atoms with van der Waals surface area (Å²) >= 11 is 0. The number of nitrogens with zero attached hydrogens (tertiary/aromatic N) is 5. The Bertz CT molecular complexity index is 944. The van der Waals surface area contributed by atoms with E-state index in [1.165, 1.54) is 0 Å². The summed E-state index contributed by atoms with van der Waals surface area (Å²) in [6.07, 6.45) is 5.26. The number of anilines is 1. The molecule has 0 aliphatic carbocycles. The molecule has 8 heteroatoms. The molecule has 0 spiro atoms. The molecule has 1 atom stereocenters. The highest BCUT2D eigenvalue weighted by molar-refractivity contribution is 5.91. The molecule has 0 radical (unpaired) electrons. The monoisotopic (exact) mass is 354 g/mol. The molecule has 4 rings (SSSR count). The van der Waals surface area contributed by atoms with E-state index in [2.05, 4.69) is 34.4 Å². The summed E-state index contributed by atoms with van der Waals surface area (Å²) in [4.78, 5) is 19.0. The second-order valence-electron chi connectivity index (χ2n) is 6.97. The third-order valence-corrected chi connectivity index (χ3v) is 4.66. The number of fused-ring (bicyclic) bond motifs is 1. The fourth-order valence-corrected chi connectivity index (χ4v) is 3.43. The largest absolute Gasteiger partial charge is 0.359 e. The molecule has 8 nitrogen and oxygen atoms in total. The van der Waals surface area contributed by atoms with Gasteiger partial charge < -0.3 is 14.7 Å². The molecule has 26 heavy (non-hydrogen) atoms. The number of carbonyl (C=O) groups excluding carboxylic acids is 1. The number of pyridine rings is 1. The van der Waals surface area contributed by atoms with Crippen LogP contribution in [0.2, 0.25) is 0 Å². The van der Waals surface area contributed by atoms with Crippen LogP contribution in [0, 0.1) is 6.92 Å². The number of nitrogens with one attached hydrogen (secondary N) is 1. The second-order valence-corrected chi connectivity index (χ2v) is 6.97. The van der Waals surface area contributed by atoms with Crippen molar-refractivity contribution in [3.05, 3.63) is 36.0 Å². The van der Waals surface area contributed by atoms with Gasteiger partial charge in [0.1, 0.15) is 0 Å². The highest BCUT2D eigenvalue weighted by Gasteiger charge is 2.32. The van der Waals surface area contributed by atoms with E-state index in [1.807, 2.05) is 23.7 Å². The third-order valence-electron chi connectivity index (χ3n) is 4.66. The highest BCUT2D eigenvalue weighted by atomic mass is 16.5. The number of aryl methyl sites for hydroxylation is 1. The van der Waals surface area contributed by atoms with Crippen LogP contribution in [-0.2, 0) is 0 Å². The lowest BCUT2D eigenvalue weighted by atomic mass is 10.1. The van der Waals surface area contributed by atoms with Gasteiger partial charge in [0.25, 0.3) is 0 Å². The molecule has 1 N–H and O–H groups in total. The molecule has 3 aromatic heterocycles. The van der Waals surface area contributed by atoms with Gasteiger partial charge in [0.2, 0.25) is 0 Å². The van der Waals surface area contributed by atoms with E-state index in [-0.39, 0.29) is 18.1 Å². The summed E-state index contributed by atoms with van der Waals surface area (Å²) in [5.74, 6) is 0.738. The Kier molecular flexibility index (Phi) is 4.10. The minimum Gasteiger partial charge on any atom is -0.359 e. The molecule has 0 aromatic carbocycles. The zero-order valence-corrected chi connectivity index (χ0v) is 15.1. The Morgan fingerprint density at radius 3 is 2.92 bits per heavy atom. The van der Waals surface area contributed by atoms with Crippen molar-refractivity contribution in [2.75, 3.05) is 11.9 Å². The normalized spacial score (nSPS) is 17.4. The maximum atomic E-state index is 12.8.